The molecule has 3 aromatic rings. The molecule has 3 aromatic carbocycles. The maximum atomic E-state index is 11.1. The van der Waals surface area contributed by atoms with E-state index in [-0.39, 0.29) is 0 Å². The fourth-order valence-electron chi connectivity index (χ4n) is 5.36. The molecule has 0 fully saturated rings. The Kier molecular flexibility index (Phi) is 7.68. The molecule has 0 spiro atoms. The highest BCUT2D eigenvalue weighted by molar-refractivity contribution is 5.87. The molecule has 1 aliphatic rings. The number of hydrogen-bond donors (Lipinski definition) is 1. The monoisotopic (exact) mass is 426 g/mol. The lowest BCUT2D eigenvalue weighted by Crippen LogP contribution is -2.01. The Labute approximate surface area is 194 Å². The minimum Gasteiger partial charge on any atom is -0.507 e. The fraction of sp³-hybridized carbons (Fsp3) is 0.419. The number of rotatable bonds is 11. The lowest BCUT2D eigenvalue weighted by atomic mass is 9.86. The van der Waals surface area contributed by atoms with E-state index in [1.165, 1.54) is 90.3 Å². The molecule has 0 aromatic heterocycles. The van der Waals surface area contributed by atoms with Crippen molar-refractivity contribution in [3.05, 3.63) is 76.9 Å². The summed E-state index contributed by atoms with van der Waals surface area (Å²) in [6.45, 7) is 4.54. The average Bonchev–Trinajstić information content (AvgIpc) is 3.19. The molecular weight excluding hydrogens is 388 g/mol. The van der Waals surface area contributed by atoms with Crippen LogP contribution in [0.5, 0.6) is 5.75 Å². The maximum absolute atomic E-state index is 11.1. The van der Waals surface area contributed by atoms with E-state index in [1.54, 1.807) is 0 Å². The molecule has 0 heterocycles. The largest absolute Gasteiger partial charge is 0.507 e. The topological polar surface area (TPSA) is 20.2 Å². The molecule has 0 bridgehead atoms. The molecule has 0 amide bonds. The molecule has 168 valence electrons. The summed E-state index contributed by atoms with van der Waals surface area (Å²) in [7, 11) is 0. The molecule has 1 aliphatic carbocycles. The summed E-state index contributed by atoms with van der Waals surface area (Å²) >= 11 is 0. The fourth-order valence-corrected chi connectivity index (χ4v) is 5.36. The molecule has 1 N–H and O–H groups in total. The summed E-state index contributed by atoms with van der Waals surface area (Å²) in [5.74, 6) is 0.442. The number of hydrogen-bond acceptors (Lipinski definition) is 1. The molecule has 0 radical (unpaired) electrons. The SMILES string of the molecule is CCCCCCCc1c(CCCCC)ccc(O)c1-c1cccc2c1Cc1ccccc1-2. The van der Waals surface area contributed by atoms with Crippen LogP contribution in [0, 0.1) is 0 Å². The van der Waals surface area contributed by atoms with Crippen molar-refractivity contribution in [3.63, 3.8) is 0 Å². The first-order chi connectivity index (χ1) is 15.7. The van der Waals surface area contributed by atoms with Gasteiger partial charge in [-0.15, -0.1) is 0 Å². The van der Waals surface area contributed by atoms with E-state index >= 15 is 0 Å². The summed E-state index contributed by atoms with van der Waals surface area (Å²) < 4.78 is 0. The van der Waals surface area contributed by atoms with Gasteiger partial charge in [-0.3, -0.25) is 0 Å². The molecule has 1 heteroatoms. The molecule has 0 atom stereocenters. The third-order valence-electron chi connectivity index (χ3n) is 7.09. The first-order valence-electron chi connectivity index (χ1n) is 12.8. The van der Waals surface area contributed by atoms with Crippen LogP contribution in [0.4, 0.5) is 0 Å². The van der Waals surface area contributed by atoms with Crippen LogP contribution in [-0.2, 0) is 19.3 Å². The molecule has 32 heavy (non-hydrogen) atoms. The van der Waals surface area contributed by atoms with E-state index in [1.807, 2.05) is 6.07 Å². The van der Waals surface area contributed by atoms with Crippen LogP contribution in [0.3, 0.4) is 0 Å². The predicted molar refractivity (Wildman–Crippen MR) is 137 cm³/mol. The van der Waals surface area contributed by atoms with Crippen molar-refractivity contribution in [2.45, 2.75) is 84.5 Å². The Morgan fingerprint density at radius 2 is 1.34 bits per heavy atom. The summed E-state index contributed by atoms with van der Waals surface area (Å²) in [4.78, 5) is 0. The Hall–Kier alpha value is -2.54. The van der Waals surface area contributed by atoms with Gasteiger partial charge in [0.15, 0.2) is 0 Å². The van der Waals surface area contributed by atoms with Gasteiger partial charge in [-0.1, -0.05) is 101 Å². The van der Waals surface area contributed by atoms with E-state index in [9.17, 15) is 5.11 Å². The molecule has 0 saturated heterocycles. The van der Waals surface area contributed by atoms with Crippen molar-refractivity contribution in [2.24, 2.45) is 0 Å². The van der Waals surface area contributed by atoms with Crippen molar-refractivity contribution < 1.29 is 5.11 Å². The minimum atomic E-state index is 0.442. The summed E-state index contributed by atoms with van der Waals surface area (Å²) in [6.07, 6.45) is 13.2. The van der Waals surface area contributed by atoms with Crippen LogP contribution in [0.25, 0.3) is 22.3 Å². The lowest BCUT2D eigenvalue weighted by molar-refractivity contribution is 0.476. The predicted octanol–water partition coefficient (Wildman–Crippen LogP) is 8.88. The zero-order chi connectivity index (χ0) is 22.3. The Balaban J connectivity index is 1.74. The maximum Gasteiger partial charge on any atom is 0.123 e. The zero-order valence-electron chi connectivity index (χ0n) is 19.9. The van der Waals surface area contributed by atoms with Crippen molar-refractivity contribution >= 4 is 0 Å². The second-order valence-corrected chi connectivity index (χ2v) is 9.38. The van der Waals surface area contributed by atoms with Gasteiger partial charge in [0.05, 0.1) is 0 Å². The highest BCUT2D eigenvalue weighted by Gasteiger charge is 2.24. The second-order valence-electron chi connectivity index (χ2n) is 9.38. The summed E-state index contributed by atoms with van der Waals surface area (Å²) in [6, 6.07) is 19.5. The Bertz CT molecular complexity index is 1050. The highest BCUT2D eigenvalue weighted by atomic mass is 16.3. The van der Waals surface area contributed by atoms with E-state index in [0.29, 0.717) is 5.75 Å². The summed E-state index contributed by atoms with van der Waals surface area (Å²) in [5.41, 5.74) is 10.6. The molecular formula is C31H38O. The standard InChI is InChI=1S/C31H38O/c1-3-5-7-8-10-17-26-23(14-9-6-4-2)20-21-30(32)31(26)28-19-13-18-27-25-16-12-11-15-24(25)22-29(27)28/h11-13,15-16,18-21,32H,3-10,14,17,22H2,1-2H3. The van der Waals surface area contributed by atoms with Gasteiger partial charge in [-0.05, 0) is 77.1 Å². The molecule has 0 saturated carbocycles. The van der Waals surface area contributed by atoms with Crippen LogP contribution >= 0.6 is 0 Å². The Morgan fingerprint density at radius 3 is 2.19 bits per heavy atom. The highest BCUT2D eigenvalue weighted by Crippen LogP contribution is 2.45. The number of unbranched alkanes of at least 4 members (excludes halogenated alkanes) is 6. The van der Waals surface area contributed by atoms with Crippen LogP contribution in [-0.4, -0.2) is 5.11 Å². The van der Waals surface area contributed by atoms with Gasteiger partial charge in [-0.25, -0.2) is 0 Å². The lowest BCUT2D eigenvalue weighted by Gasteiger charge is -2.19. The minimum absolute atomic E-state index is 0.442. The third-order valence-corrected chi connectivity index (χ3v) is 7.09. The van der Waals surface area contributed by atoms with Gasteiger partial charge in [0.25, 0.3) is 0 Å². The number of phenols is 1. The first-order valence-corrected chi connectivity index (χ1v) is 12.8. The van der Waals surface area contributed by atoms with Gasteiger partial charge in [-0.2, -0.15) is 0 Å². The van der Waals surface area contributed by atoms with Gasteiger partial charge in [0.2, 0.25) is 0 Å². The number of benzene rings is 3. The van der Waals surface area contributed by atoms with Gasteiger partial charge < -0.3 is 5.11 Å². The number of fused-ring (bicyclic) bond motifs is 3. The third kappa shape index (κ3) is 4.77. The van der Waals surface area contributed by atoms with E-state index in [2.05, 4.69) is 62.4 Å². The van der Waals surface area contributed by atoms with Crippen LogP contribution in [0.2, 0.25) is 0 Å². The van der Waals surface area contributed by atoms with Gasteiger partial charge >= 0.3 is 0 Å². The normalized spacial score (nSPS) is 12.1. The molecule has 0 aliphatic heterocycles. The average molecular weight is 427 g/mol. The molecule has 1 nitrogen and oxygen atoms in total. The zero-order valence-corrected chi connectivity index (χ0v) is 19.9. The van der Waals surface area contributed by atoms with E-state index in [4.69, 9.17) is 0 Å². The number of phenolic OH excluding ortho intramolecular Hbond substituents is 1. The van der Waals surface area contributed by atoms with Crippen LogP contribution in [0.15, 0.2) is 54.6 Å². The van der Waals surface area contributed by atoms with Crippen molar-refractivity contribution in [2.75, 3.05) is 0 Å². The smallest absolute Gasteiger partial charge is 0.123 e. The quantitative estimate of drug-likeness (QED) is 0.237. The van der Waals surface area contributed by atoms with Crippen molar-refractivity contribution in [3.8, 4) is 28.0 Å². The van der Waals surface area contributed by atoms with Gasteiger partial charge in [0, 0.05) is 5.56 Å². The van der Waals surface area contributed by atoms with Gasteiger partial charge in [0.1, 0.15) is 5.75 Å². The van der Waals surface area contributed by atoms with Crippen molar-refractivity contribution in [1.82, 2.24) is 0 Å². The number of aryl methyl sites for hydroxylation is 1. The van der Waals surface area contributed by atoms with E-state index in [0.717, 1.165) is 24.8 Å². The van der Waals surface area contributed by atoms with Crippen LogP contribution < -0.4 is 0 Å². The summed E-state index contributed by atoms with van der Waals surface area (Å²) in [5, 5.41) is 11.1. The second kappa shape index (κ2) is 10.9. The molecule has 0 unspecified atom stereocenters. The van der Waals surface area contributed by atoms with Crippen molar-refractivity contribution in [1.29, 1.82) is 0 Å². The van der Waals surface area contributed by atoms with E-state index < -0.39 is 0 Å². The molecule has 4 rings (SSSR count). The number of aromatic hydroxyl groups is 1. The first kappa shape index (κ1) is 22.6. The Morgan fingerprint density at radius 1 is 0.656 bits per heavy atom. The van der Waals surface area contributed by atoms with Crippen LogP contribution in [0.1, 0.15) is 87.5 Å².